The Morgan fingerprint density at radius 3 is 2.70 bits per heavy atom. The first kappa shape index (κ1) is 19.8. The van der Waals surface area contributed by atoms with Gasteiger partial charge in [-0.05, 0) is 51.9 Å². The summed E-state index contributed by atoms with van der Waals surface area (Å²) in [6.07, 6.45) is 1.51. The third-order valence-electron chi connectivity index (χ3n) is 5.21. The molecule has 1 saturated heterocycles. The molecule has 3 rings (SSSR count). The molecule has 1 aromatic carbocycles. The SMILES string of the molecule is CCOC(=O)C1CCN(CC(=O)N(C)[C@H](C)c2nc3ccccc3s2)CC1. The standard InChI is InChI=1S/C20H27N3O3S/c1-4-26-20(25)15-9-11-23(12-10-15)13-18(24)22(3)14(2)19-21-16-7-5-6-8-17(16)27-19/h5-8,14-15H,4,9-13H2,1-3H3/t14-/m1/s1. The van der Waals surface area contributed by atoms with Gasteiger partial charge in [0.2, 0.25) is 5.91 Å². The fraction of sp³-hybridized carbons (Fsp3) is 0.550. The zero-order chi connectivity index (χ0) is 19.4. The van der Waals surface area contributed by atoms with Crippen LogP contribution in [0.4, 0.5) is 0 Å². The zero-order valence-electron chi connectivity index (χ0n) is 16.2. The van der Waals surface area contributed by atoms with E-state index in [2.05, 4.69) is 16.0 Å². The van der Waals surface area contributed by atoms with E-state index in [1.54, 1.807) is 16.2 Å². The van der Waals surface area contributed by atoms with E-state index in [1.165, 1.54) is 0 Å². The van der Waals surface area contributed by atoms with Gasteiger partial charge in [0.25, 0.3) is 0 Å². The van der Waals surface area contributed by atoms with Crippen LogP contribution in [0.25, 0.3) is 10.2 Å². The first-order chi connectivity index (χ1) is 13.0. The van der Waals surface area contributed by atoms with Crippen molar-refractivity contribution in [1.29, 1.82) is 0 Å². The summed E-state index contributed by atoms with van der Waals surface area (Å²) in [5, 5.41) is 0.952. The van der Waals surface area contributed by atoms with Crippen molar-refractivity contribution in [2.75, 3.05) is 33.3 Å². The number of amides is 1. The number of benzene rings is 1. The summed E-state index contributed by atoms with van der Waals surface area (Å²) in [4.78, 5) is 33.1. The number of carbonyl (C=O) groups excluding carboxylic acids is 2. The van der Waals surface area contributed by atoms with Crippen molar-refractivity contribution < 1.29 is 14.3 Å². The predicted molar refractivity (Wildman–Crippen MR) is 107 cm³/mol. The van der Waals surface area contributed by atoms with Gasteiger partial charge in [-0.1, -0.05) is 12.1 Å². The highest BCUT2D eigenvalue weighted by Crippen LogP contribution is 2.29. The second-order valence-corrected chi connectivity index (χ2v) is 8.07. The molecule has 0 spiro atoms. The van der Waals surface area contributed by atoms with E-state index in [-0.39, 0.29) is 23.8 Å². The average Bonchev–Trinajstić information content (AvgIpc) is 3.11. The molecule has 2 heterocycles. The lowest BCUT2D eigenvalue weighted by Gasteiger charge is -2.32. The number of piperidine rings is 1. The van der Waals surface area contributed by atoms with E-state index in [9.17, 15) is 9.59 Å². The van der Waals surface area contributed by atoms with Crippen LogP contribution in [0.1, 0.15) is 37.7 Å². The fourth-order valence-electron chi connectivity index (χ4n) is 3.34. The normalized spacial score (nSPS) is 17.0. The van der Waals surface area contributed by atoms with Crippen LogP contribution >= 0.6 is 11.3 Å². The number of thiazole rings is 1. The van der Waals surface area contributed by atoms with Crippen LogP contribution in [-0.4, -0.2) is 59.9 Å². The molecule has 0 N–H and O–H groups in total. The number of para-hydroxylation sites is 1. The number of aromatic nitrogens is 1. The van der Waals surface area contributed by atoms with Crippen molar-refractivity contribution in [3.8, 4) is 0 Å². The molecule has 1 amide bonds. The molecule has 7 heteroatoms. The molecule has 1 aliphatic rings. The van der Waals surface area contributed by atoms with E-state index >= 15 is 0 Å². The second-order valence-electron chi connectivity index (χ2n) is 7.00. The number of carbonyl (C=O) groups is 2. The summed E-state index contributed by atoms with van der Waals surface area (Å²) in [6, 6.07) is 7.97. The maximum Gasteiger partial charge on any atom is 0.309 e. The van der Waals surface area contributed by atoms with Crippen LogP contribution in [0, 0.1) is 5.92 Å². The highest BCUT2D eigenvalue weighted by Gasteiger charge is 2.28. The minimum absolute atomic E-state index is 0.0318. The predicted octanol–water partition coefficient (Wildman–Crippen LogP) is 3.09. The monoisotopic (exact) mass is 389 g/mol. The van der Waals surface area contributed by atoms with E-state index in [0.717, 1.165) is 41.2 Å². The summed E-state index contributed by atoms with van der Waals surface area (Å²) < 4.78 is 6.24. The summed E-state index contributed by atoms with van der Waals surface area (Å²) in [7, 11) is 1.84. The van der Waals surface area contributed by atoms with Gasteiger partial charge in [0.1, 0.15) is 5.01 Å². The number of nitrogens with zero attached hydrogens (tertiary/aromatic N) is 3. The van der Waals surface area contributed by atoms with E-state index < -0.39 is 0 Å². The molecule has 1 aliphatic heterocycles. The molecule has 6 nitrogen and oxygen atoms in total. The molecular weight excluding hydrogens is 362 g/mol. The van der Waals surface area contributed by atoms with Crippen molar-refractivity contribution >= 4 is 33.4 Å². The Hall–Kier alpha value is -1.99. The van der Waals surface area contributed by atoms with Gasteiger partial charge >= 0.3 is 5.97 Å². The molecule has 27 heavy (non-hydrogen) atoms. The molecule has 0 aliphatic carbocycles. The molecular formula is C20H27N3O3S. The minimum Gasteiger partial charge on any atom is -0.466 e. The van der Waals surface area contributed by atoms with E-state index in [0.29, 0.717) is 13.2 Å². The zero-order valence-corrected chi connectivity index (χ0v) is 17.0. The number of likely N-dealkylation sites (N-methyl/N-ethyl adjacent to an activating group) is 1. The smallest absolute Gasteiger partial charge is 0.309 e. The number of rotatable bonds is 6. The van der Waals surface area contributed by atoms with Crippen LogP contribution in [0.2, 0.25) is 0 Å². The third-order valence-corrected chi connectivity index (χ3v) is 6.42. The van der Waals surface area contributed by atoms with Crippen LogP contribution in [0.15, 0.2) is 24.3 Å². The van der Waals surface area contributed by atoms with Crippen molar-refractivity contribution in [2.24, 2.45) is 5.92 Å². The average molecular weight is 390 g/mol. The molecule has 0 radical (unpaired) electrons. The highest BCUT2D eigenvalue weighted by atomic mass is 32.1. The number of hydrogen-bond donors (Lipinski definition) is 0. The van der Waals surface area contributed by atoms with Crippen molar-refractivity contribution in [1.82, 2.24) is 14.8 Å². The Labute approximate surface area is 164 Å². The Bertz CT molecular complexity index is 766. The van der Waals surface area contributed by atoms with Gasteiger partial charge in [-0.15, -0.1) is 11.3 Å². The maximum absolute atomic E-state index is 12.7. The Morgan fingerprint density at radius 2 is 2.04 bits per heavy atom. The molecule has 1 fully saturated rings. The van der Waals surface area contributed by atoms with Gasteiger partial charge in [-0.3, -0.25) is 14.5 Å². The van der Waals surface area contributed by atoms with Crippen molar-refractivity contribution in [3.63, 3.8) is 0 Å². The van der Waals surface area contributed by atoms with Gasteiger partial charge in [0.05, 0.1) is 35.3 Å². The van der Waals surface area contributed by atoms with Crippen LogP contribution in [0.3, 0.4) is 0 Å². The lowest BCUT2D eigenvalue weighted by Crippen LogP contribution is -2.44. The Morgan fingerprint density at radius 1 is 1.33 bits per heavy atom. The lowest BCUT2D eigenvalue weighted by molar-refractivity contribution is -0.149. The second kappa shape index (κ2) is 8.80. The van der Waals surface area contributed by atoms with E-state index in [4.69, 9.17) is 4.74 Å². The van der Waals surface area contributed by atoms with Gasteiger partial charge in [-0.2, -0.15) is 0 Å². The third kappa shape index (κ3) is 4.65. The summed E-state index contributed by atoms with van der Waals surface area (Å²) in [5.41, 5.74) is 0.978. The molecule has 0 saturated carbocycles. The van der Waals surface area contributed by atoms with Crippen LogP contribution < -0.4 is 0 Å². The van der Waals surface area contributed by atoms with Crippen LogP contribution in [0.5, 0.6) is 0 Å². The summed E-state index contributed by atoms with van der Waals surface area (Å²) in [5.74, 6) is -0.0582. The molecule has 2 aromatic rings. The van der Waals surface area contributed by atoms with Gasteiger partial charge in [0, 0.05) is 7.05 Å². The summed E-state index contributed by atoms with van der Waals surface area (Å²) >= 11 is 1.64. The van der Waals surface area contributed by atoms with Crippen molar-refractivity contribution in [3.05, 3.63) is 29.3 Å². The number of likely N-dealkylation sites (tertiary alicyclic amines) is 1. The Balaban J connectivity index is 1.54. The molecule has 0 unspecified atom stereocenters. The fourth-order valence-corrected chi connectivity index (χ4v) is 4.40. The van der Waals surface area contributed by atoms with Crippen LogP contribution in [-0.2, 0) is 14.3 Å². The summed E-state index contributed by atoms with van der Waals surface area (Å²) in [6.45, 7) is 6.14. The van der Waals surface area contributed by atoms with Gasteiger partial charge < -0.3 is 9.64 Å². The molecule has 1 atom stereocenters. The minimum atomic E-state index is -0.106. The first-order valence-corrected chi connectivity index (χ1v) is 10.3. The largest absolute Gasteiger partial charge is 0.466 e. The maximum atomic E-state index is 12.7. The van der Waals surface area contributed by atoms with Crippen molar-refractivity contribution in [2.45, 2.75) is 32.7 Å². The number of fused-ring (bicyclic) bond motifs is 1. The Kier molecular flexibility index (Phi) is 6.44. The van der Waals surface area contributed by atoms with Gasteiger partial charge in [-0.25, -0.2) is 4.98 Å². The quantitative estimate of drug-likeness (QED) is 0.711. The number of ether oxygens (including phenoxy) is 1. The van der Waals surface area contributed by atoms with Gasteiger partial charge in [0.15, 0.2) is 0 Å². The number of esters is 1. The van der Waals surface area contributed by atoms with E-state index in [1.807, 2.05) is 39.1 Å². The molecule has 1 aromatic heterocycles. The number of hydrogen-bond acceptors (Lipinski definition) is 6. The molecule has 0 bridgehead atoms. The molecule has 146 valence electrons. The lowest BCUT2D eigenvalue weighted by atomic mass is 9.97. The first-order valence-electron chi connectivity index (χ1n) is 9.49. The topological polar surface area (TPSA) is 62.7 Å². The highest BCUT2D eigenvalue weighted by molar-refractivity contribution is 7.18.